The minimum absolute atomic E-state index is 0.115. The van der Waals surface area contributed by atoms with Crippen LogP contribution in [-0.2, 0) is 4.79 Å². The lowest BCUT2D eigenvalue weighted by Gasteiger charge is -2.28. The molecule has 2 saturated carbocycles. The molecule has 3 rings (SSSR count). The molecule has 1 N–H and O–H groups in total. The first kappa shape index (κ1) is 9.91. The van der Waals surface area contributed by atoms with Gasteiger partial charge in [0.05, 0.1) is 12.1 Å². The van der Waals surface area contributed by atoms with Crippen molar-refractivity contribution in [1.82, 2.24) is 4.90 Å². The normalized spacial score (nSPS) is 46.5. The number of nitrogens with zero attached hydrogens (tertiary/aromatic N) is 1. The quantitative estimate of drug-likeness (QED) is 0.713. The molecule has 5 atom stereocenters. The van der Waals surface area contributed by atoms with Gasteiger partial charge in [0, 0.05) is 18.8 Å². The van der Waals surface area contributed by atoms with Crippen LogP contribution in [0.25, 0.3) is 0 Å². The fourth-order valence-corrected chi connectivity index (χ4v) is 4.09. The van der Waals surface area contributed by atoms with Crippen LogP contribution in [0.3, 0.4) is 0 Å². The standard InChI is InChI=1S/C11H16ClNO2/c12-2-1-9(14)13-5-7-3-6-4-8(7)10(13)11(6)15/h6-8,10-11,15H,1-5H2. The molecule has 0 aromatic rings. The van der Waals surface area contributed by atoms with E-state index in [-0.39, 0.29) is 18.1 Å². The summed E-state index contributed by atoms with van der Waals surface area (Å²) in [5, 5.41) is 10.1. The predicted molar refractivity (Wildman–Crippen MR) is 56.5 cm³/mol. The highest BCUT2D eigenvalue weighted by atomic mass is 35.5. The summed E-state index contributed by atoms with van der Waals surface area (Å²) in [5.74, 6) is 2.20. The second-order valence-electron chi connectivity index (χ2n) is 5.12. The average molecular weight is 230 g/mol. The number of aliphatic hydroxyl groups excluding tert-OH is 1. The van der Waals surface area contributed by atoms with Crippen molar-refractivity contribution < 1.29 is 9.90 Å². The summed E-state index contributed by atoms with van der Waals surface area (Å²) in [6.45, 7) is 0.860. The molecule has 1 amide bonds. The maximum absolute atomic E-state index is 11.8. The second kappa shape index (κ2) is 3.36. The maximum atomic E-state index is 11.8. The van der Waals surface area contributed by atoms with Crippen molar-refractivity contribution in [2.45, 2.75) is 31.4 Å². The largest absolute Gasteiger partial charge is 0.391 e. The summed E-state index contributed by atoms with van der Waals surface area (Å²) in [6.07, 6.45) is 2.39. The molecule has 4 heteroatoms. The van der Waals surface area contributed by atoms with Crippen molar-refractivity contribution in [1.29, 1.82) is 0 Å². The van der Waals surface area contributed by atoms with Crippen LogP contribution in [0, 0.1) is 17.8 Å². The highest BCUT2D eigenvalue weighted by Gasteiger charge is 2.59. The van der Waals surface area contributed by atoms with Gasteiger partial charge < -0.3 is 10.0 Å². The summed E-state index contributed by atoms with van der Waals surface area (Å²) in [4.78, 5) is 13.7. The minimum atomic E-state index is -0.270. The number of hydrogen-bond donors (Lipinski definition) is 1. The molecule has 1 saturated heterocycles. The molecule has 3 fully saturated rings. The third kappa shape index (κ3) is 1.26. The Kier molecular flexibility index (Phi) is 2.22. The van der Waals surface area contributed by atoms with Gasteiger partial charge >= 0.3 is 0 Å². The number of aliphatic hydroxyl groups is 1. The Bertz CT molecular complexity index is 294. The Morgan fingerprint density at radius 1 is 1.40 bits per heavy atom. The van der Waals surface area contributed by atoms with Gasteiger partial charge in [-0.2, -0.15) is 0 Å². The van der Waals surface area contributed by atoms with Crippen LogP contribution in [-0.4, -0.2) is 40.5 Å². The van der Waals surface area contributed by atoms with Gasteiger partial charge in [-0.15, -0.1) is 11.6 Å². The van der Waals surface area contributed by atoms with Gasteiger partial charge in [0.25, 0.3) is 0 Å². The zero-order valence-corrected chi connectivity index (χ0v) is 9.36. The Morgan fingerprint density at radius 2 is 2.20 bits per heavy atom. The molecule has 0 aromatic carbocycles. The zero-order valence-electron chi connectivity index (χ0n) is 8.60. The monoisotopic (exact) mass is 229 g/mol. The molecule has 5 unspecified atom stereocenters. The molecule has 0 radical (unpaired) electrons. The molecule has 15 heavy (non-hydrogen) atoms. The summed E-state index contributed by atoms with van der Waals surface area (Å²) in [7, 11) is 0. The SMILES string of the molecule is O=C(CCCl)N1CC2CC3CC2C1C3O. The number of carbonyl (C=O) groups is 1. The lowest BCUT2D eigenvalue weighted by atomic mass is 9.88. The third-order valence-corrected chi connectivity index (χ3v) is 4.67. The van der Waals surface area contributed by atoms with Crippen molar-refractivity contribution in [2.24, 2.45) is 17.8 Å². The van der Waals surface area contributed by atoms with Gasteiger partial charge in [-0.05, 0) is 30.6 Å². The summed E-state index contributed by atoms with van der Waals surface area (Å²) in [6, 6.07) is 0.115. The number of hydrogen-bond acceptors (Lipinski definition) is 2. The van der Waals surface area contributed by atoms with Crippen LogP contribution < -0.4 is 0 Å². The molecule has 84 valence electrons. The number of likely N-dealkylation sites (tertiary alicyclic amines) is 1. The second-order valence-corrected chi connectivity index (χ2v) is 5.50. The van der Waals surface area contributed by atoms with Gasteiger partial charge in [-0.1, -0.05) is 0 Å². The smallest absolute Gasteiger partial charge is 0.224 e. The molecule has 3 aliphatic rings. The van der Waals surface area contributed by atoms with Crippen LogP contribution >= 0.6 is 11.6 Å². The van der Waals surface area contributed by atoms with Gasteiger partial charge in [-0.3, -0.25) is 4.79 Å². The number of fused-ring (bicyclic) bond motifs is 1. The van der Waals surface area contributed by atoms with Crippen molar-refractivity contribution in [2.75, 3.05) is 12.4 Å². The number of amides is 1. The first-order chi connectivity index (χ1) is 7.22. The number of rotatable bonds is 2. The molecule has 0 aromatic heterocycles. The Morgan fingerprint density at radius 3 is 2.87 bits per heavy atom. The molecule has 0 spiro atoms. The molecule has 2 aliphatic carbocycles. The van der Waals surface area contributed by atoms with Crippen molar-refractivity contribution in [3.8, 4) is 0 Å². The van der Waals surface area contributed by atoms with Gasteiger partial charge in [0.1, 0.15) is 0 Å². The van der Waals surface area contributed by atoms with Crippen LogP contribution in [0.4, 0.5) is 0 Å². The average Bonchev–Trinajstić information content (AvgIpc) is 2.76. The number of halogens is 1. The molecule has 1 heterocycles. The summed E-state index contributed by atoms with van der Waals surface area (Å²) < 4.78 is 0. The van der Waals surface area contributed by atoms with E-state index in [1.54, 1.807) is 0 Å². The lowest BCUT2D eigenvalue weighted by molar-refractivity contribution is -0.133. The maximum Gasteiger partial charge on any atom is 0.224 e. The zero-order chi connectivity index (χ0) is 10.6. The highest BCUT2D eigenvalue weighted by Crippen LogP contribution is 2.54. The van der Waals surface area contributed by atoms with Gasteiger partial charge in [0.15, 0.2) is 0 Å². The van der Waals surface area contributed by atoms with E-state index in [1.165, 1.54) is 0 Å². The first-order valence-corrected chi connectivity index (χ1v) is 6.29. The first-order valence-electron chi connectivity index (χ1n) is 5.76. The van der Waals surface area contributed by atoms with Crippen LogP contribution in [0.5, 0.6) is 0 Å². The van der Waals surface area contributed by atoms with Crippen molar-refractivity contribution in [3.63, 3.8) is 0 Å². The van der Waals surface area contributed by atoms with E-state index in [9.17, 15) is 9.90 Å². The number of carbonyl (C=O) groups excluding carboxylic acids is 1. The van der Waals surface area contributed by atoms with E-state index in [0.717, 1.165) is 19.4 Å². The van der Waals surface area contributed by atoms with Crippen LogP contribution in [0.2, 0.25) is 0 Å². The van der Waals surface area contributed by atoms with E-state index in [2.05, 4.69) is 0 Å². The molecule has 1 aliphatic heterocycles. The molecular formula is C11H16ClNO2. The third-order valence-electron chi connectivity index (χ3n) is 4.48. The Hall–Kier alpha value is -0.280. The molecule has 2 bridgehead atoms. The Labute approximate surface area is 94.4 Å². The van der Waals surface area contributed by atoms with Crippen LogP contribution in [0.15, 0.2) is 0 Å². The molecular weight excluding hydrogens is 214 g/mol. The fourth-order valence-electron chi connectivity index (χ4n) is 3.92. The van der Waals surface area contributed by atoms with Crippen molar-refractivity contribution in [3.05, 3.63) is 0 Å². The summed E-state index contributed by atoms with van der Waals surface area (Å²) >= 11 is 5.59. The minimum Gasteiger partial charge on any atom is -0.391 e. The van der Waals surface area contributed by atoms with E-state index in [0.29, 0.717) is 30.1 Å². The molecule has 3 nitrogen and oxygen atoms in total. The number of alkyl halides is 1. The van der Waals surface area contributed by atoms with E-state index in [4.69, 9.17) is 11.6 Å². The lowest BCUT2D eigenvalue weighted by Crippen LogP contribution is -2.43. The van der Waals surface area contributed by atoms with E-state index in [1.807, 2.05) is 4.90 Å². The van der Waals surface area contributed by atoms with E-state index >= 15 is 0 Å². The van der Waals surface area contributed by atoms with Gasteiger partial charge in [-0.25, -0.2) is 0 Å². The van der Waals surface area contributed by atoms with Crippen molar-refractivity contribution >= 4 is 17.5 Å². The van der Waals surface area contributed by atoms with E-state index < -0.39 is 0 Å². The topological polar surface area (TPSA) is 40.5 Å². The fraction of sp³-hybridized carbons (Fsp3) is 0.909. The summed E-state index contributed by atoms with van der Waals surface area (Å²) in [5.41, 5.74) is 0. The Balaban J connectivity index is 1.80. The predicted octanol–water partition coefficient (Wildman–Crippen LogP) is 0.843. The highest BCUT2D eigenvalue weighted by molar-refractivity contribution is 6.18. The van der Waals surface area contributed by atoms with Crippen LogP contribution in [0.1, 0.15) is 19.3 Å². The van der Waals surface area contributed by atoms with Gasteiger partial charge in [0.2, 0.25) is 5.91 Å².